The molecule has 6 heteroatoms. The van der Waals surface area contributed by atoms with E-state index in [0.29, 0.717) is 12.2 Å². The van der Waals surface area contributed by atoms with Crippen molar-refractivity contribution >= 4 is 27.3 Å². The van der Waals surface area contributed by atoms with Crippen LogP contribution < -0.4 is 9.62 Å². The average molecular weight is 399 g/mol. The van der Waals surface area contributed by atoms with E-state index in [1.54, 1.807) is 6.07 Å². The van der Waals surface area contributed by atoms with Crippen LogP contribution in [0.4, 0.5) is 11.4 Å². The summed E-state index contributed by atoms with van der Waals surface area (Å²) >= 11 is 0. The summed E-state index contributed by atoms with van der Waals surface area (Å²) in [6.07, 6.45) is 5.02. The number of fused-ring (bicyclic) bond motifs is 1. The molecule has 0 bridgehead atoms. The van der Waals surface area contributed by atoms with Crippen LogP contribution in [0.5, 0.6) is 0 Å². The first-order valence-corrected chi connectivity index (χ1v) is 11.6. The molecule has 0 spiro atoms. The van der Waals surface area contributed by atoms with Crippen molar-refractivity contribution < 1.29 is 13.2 Å². The van der Waals surface area contributed by atoms with Crippen molar-refractivity contribution in [3.8, 4) is 0 Å². The lowest BCUT2D eigenvalue weighted by atomic mass is 10.1. The second kappa shape index (κ2) is 7.59. The van der Waals surface area contributed by atoms with Crippen LogP contribution in [0.15, 0.2) is 42.5 Å². The summed E-state index contributed by atoms with van der Waals surface area (Å²) in [5, 5.41) is 0. The number of benzene rings is 2. The molecule has 0 saturated heterocycles. The molecule has 4 rings (SSSR count). The molecule has 1 N–H and O–H groups in total. The standard InChI is InChI=1S/C22H26N2O3S/c1-16-6-8-17(9-7-16)15-28(26,27)23-20-10-11-21-19(14-20)12-13-24(21)22(25)18-4-2-3-5-18/h6-11,14,18,23H,2-5,12-13,15H2,1H3. The van der Waals surface area contributed by atoms with Gasteiger partial charge in [0.25, 0.3) is 0 Å². The highest BCUT2D eigenvalue weighted by Crippen LogP contribution is 2.35. The van der Waals surface area contributed by atoms with Gasteiger partial charge in [-0.2, -0.15) is 0 Å². The fraction of sp³-hybridized carbons (Fsp3) is 0.409. The van der Waals surface area contributed by atoms with Gasteiger partial charge in [0.15, 0.2) is 0 Å². The molecule has 2 aromatic carbocycles. The number of hydrogen-bond acceptors (Lipinski definition) is 3. The minimum absolute atomic E-state index is 0.0589. The Morgan fingerprint density at radius 3 is 2.54 bits per heavy atom. The molecule has 1 heterocycles. The molecular formula is C22H26N2O3S. The van der Waals surface area contributed by atoms with E-state index in [2.05, 4.69) is 4.72 Å². The Kier molecular flexibility index (Phi) is 5.15. The molecular weight excluding hydrogens is 372 g/mol. The lowest BCUT2D eigenvalue weighted by Crippen LogP contribution is -2.33. The predicted molar refractivity (Wildman–Crippen MR) is 112 cm³/mol. The van der Waals surface area contributed by atoms with Crippen molar-refractivity contribution in [2.45, 2.75) is 44.8 Å². The minimum atomic E-state index is -3.49. The molecule has 0 atom stereocenters. The number of carbonyl (C=O) groups excluding carboxylic acids is 1. The van der Waals surface area contributed by atoms with E-state index < -0.39 is 10.0 Å². The first-order valence-electron chi connectivity index (χ1n) is 9.92. The number of nitrogens with one attached hydrogen (secondary N) is 1. The SMILES string of the molecule is Cc1ccc(CS(=O)(=O)Nc2ccc3c(c2)CCN3C(=O)C2CCCC2)cc1. The second-order valence-electron chi connectivity index (χ2n) is 7.91. The number of aryl methyl sites for hydroxylation is 1. The highest BCUT2D eigenvalue weighted by atomic mass is 32.2. The maximum absolute atomic E-state index is 12.8. The fourth-order valence-electron chi connectivity index (χ4n) is 4.21. The zero-order valence-electron chi connectivity index (χ0n) is 16.1. The summed E-state index contributed by atoms with van der Waals surface area (Å²) < 4.78 is 27.7. The third kappa shape index (κ3) is 4.07. The topological polar surface area (TPSA) is 66.5 Å². The van der Waals surface area contributed by atoms with Crippen molar-refractivity contribution in [3.63, 3.8) is 0 Å². The highest BCUT2D eigenvalue weighted by molar-refractivity contribution is 7.91. The van der Waals surface area contributed by atoms with Gasteiger partial charge in [0.2, 0.25) is 15.9 Å². The van der Waals surface area contributed by atoms with E-state index in [1.165, 1.54) is 0 Å². The molecule has 1 amide bonds. The summed E-state index contributed by atoms with van der Waals surface area (Å²) in [6.45, 7) is 2.66. The van der Waals surface area contributed by atoms with Gasteiger partial charge in [-0.25, -0.2) is 8.42 Å². The average Bonchev–Trinajstić information content (AvgIpc) is 3.32. The van der Waals surface area contributed by atoms with Gasteiger partial charge in [-0.3, -0.25) is 9.52 Å². The zero-order chi connectivity index (χ0) is 19.7. The van der Waals surface area contributed by atoms with Gasteiger partial charge >= 0.3 is 0 Å². The van der Waals surface area contributed by atoms with Crippen LogP contribution in [0.1, 0.15) is 42.4 Å². The lowest BCUT2D eigenvalue weighted by Gasteiger charge is -2.21. The Hall–Kier alpha value is -2.34. The van der Waals surface area contributed by atoms with Gasteiger partial charge in [0.05, 0.1) is 5.75 Å². The van der Waals surface area contributed by atoms with Crippen molar-refractivity contribution in [3.05, 3.63) is 59.2 Å². The van der Waals surface area contributed by atoms with Crippen LogP contribution in [-0.2, 0) is 27.0 Å². The Morgan fingerprint density at radius 2 is 1.82 bits per heavy atom. The number of nitrogens with zero attached hydrogens (tertiary/aromatic N) is 1. The van der Waals surface area contributed by atoms with E-state index in [1.807, 2.05) is 48.2 Å². The van der Waals surface area contributed by atoms with Crippen molar-refractivity contribution in [1.82, 2.24) is 0 Å². The summed E-state index contributed by atoms with van der Waals surface area (Å²) in [4.78, 5) is 14.7. The maximum atomic E-state index is 12.8. The Labute approximate surface area is 166 Å². The predicted octanol–water partition coefficient (Wildman–Crippen LogP) is 4.02. The summed E-state index contributed by atoms with van der Waals surface area (Å²) in [5.74, 6) is 0.319. The van der Waals surface area contributed by atoms with E-state index in [0.717, 1.165) is 54.5 Å². The van der Waals surface area contributed by atoms with E-state index >= 15 is 0 Å². The molecule has 0 radical (unpaired) electrons. The first-order chi connectivity index (χ1) is 13.4. The smallest absolute Gasteiger partial charge is 0.236 e. The molecule has 1 fully saturated rings. The molecule has 0 aromatic heterocycles. The molecule has 1 aliphatic heterocycles. The van der Waals surface area contributed by atoms with Crippen LogP contribution >= 0.6 is 0 Å². The van der Waals surface area contributed by atoms with Crippen molar-refractivity contribution in [2.24, 2.45) is 5.92 Å². The third-order valence-corrected chi connectivity index (χ3v) is 6.96. The molecule has 2 aliphatic rings. The molecule has 28 heavy (non-hydrogen) atoms. The lowest BCUT2D eigenvalue weighted by molar-refractivity contribution is -0.122. The van der Waals surface area contributed by atoms with Crippen LogP contribution in [-0.4, -0.2) is 20.9 Å². The normalized spacial score (nSPS) is 17.0. The number of anilines is 2. The largest absolute Gasteiger partial charge is 0.312 e. The van der Waals surface area contributed by atoms with Crippen LogP contribution in [0.2, 0.25) is 0 Å². The number of carbonyl (C=O) groups is 1. The van der Waals surface area contributed by atoms with E-state index in [-0.39, 0.29) is 17.6 Å². The summed E-state index contributed by atoms with van der Waals surface area (Å²) in [5.41, 5.74) is 4.37. The summed E-state index contributed by atoms with van der Waals surface area (Å²) in [6, 6.07) is 13.0. The monoisotopic (exact) mass is 398 g/mol. The molecule has 2 aromatic rings. The number of amides is 1. The molecule has 0 unspecified atom stereocenters. The number of hydrogen-bond donors (Lipinski definition) is 1. The van der Waals surface area contributed by atoms with Crippen molar-refractivity contribution in [2.75, 3.05) is 16.2 Å². The summed E-state index contributed by atoms with van der Waals surface area (Å²) in [7, 11) is -3.49. The van der Waals surface area contributed by atoms with Gasteiger partial charge in [0.1, 0.15) is 0 Å². The number of rotatable bonds is 5. The van der Waals surface area contributed by atoms with Gasteiger partial charge < -0.3 is 4.90 Å². The zero-order valence-corrected chi connectivity index (χ0v) is 17.0. The van der Waals surface area contributed by atoms with Crippen LogP contribution in [0.25, 0.3) is 0 Å². The molecule has 5 nitrogen and oxygen atoms in total. The van der Waals surface area contributed by atoms with Gasteiger partial charge in [0, 0.05) is 23.8 Å². The quantitative estimate of drug-likeness (QED) is 0.827. The van der Waals surface area contributed by atoms with Gasteiger partial charge in [-0.15, -0.1) is 0 Å². The van der Waals surface area contributed by atoms with E-state index in [4.69, 9.17) is 0 Å². The maximum Gasteiger partial charge on any atom is 0.236 e. The Bertz CT molecular complexity index is 977. The van der Waals surface area contributed by atoms with E-state index in [9.17, 15) is 13.2 Å². The molecule has 1 saturated carbocycles. The first kappa shape index (κ1) is 19.0. The number of sulfonamides is 1. The van der Waals surface area contributed by atoms with Gasteiger partial charge in [-0.05, 0) is 55.5 Å². The Balaban J connectivity index is 1.47. The fourth-order valence-corrected chi connectivity index (χ4v) is 5.40. The van der Waals surface area contributed by atoms with Crippen LogP contribution in [0.3, 0.4) is 0 Å². The minimum Gasteiger partial charge on any atom is -0.312 e. The third-order valence-electron chi connectivity index (χ3n) is 5.70. The molecule has 1 aliphatic carbocycles. The van der Waals surface area contributed by atoms with Crippen molar-refractivity contribution in [1.29, 1.82) is 0 Å². The Morgan fingerprint density at radius 1 is 1.11 bits per heavy atom. The highest BCUT2D eigenvalue weighted by Gasteiger charge is 2.32. The molecule has 148 valence electrons. The van der Waals surface area contributed by atoms with Crippen LogP contribution in [0, 0.1) is 12.8 Å². The van der Waals surface area contributed by atoms with Gasteiger partial charge in [-0.1, -0.05) is 42.7 Å². The second-order valence-corrected chi connectivity index (χ2v) is 9.63.